The maximum atomic E-state index is 4.12. The fourth-order valence-corrected chi connectivity index (χ4v) is 1.36. The lowest BCUT2D eigenvalue weighted by Crippen LogP contribution is -2.06. The van der Waals surface area contributed by atoms with Gasteiger partial charge in [0.15, 0.2) is 0 Å². The molecule has 0 aromatic carbocycles. The first-order valence-electron chi connectivity index (χ1n) is 3.76. The van der Waals surface area contributed by atoms with Crippen molar-refractivity contribution < 1.29 is 0 Å². The van der Waals surface area contributed by atoms with E-state index in [9.17, 15) is 0 Å². The molecule has 68 valence electrons. The lowest BCUT2D eigenvalue weighted by molar-refractivity contribution is 0.608. The molecule has 2 heterocycles. The van der Waals surface area contributed by atoms with Crippen molar-refractivity contribution in [1.82, 2.24) is 24.5 Å². The van der Waals surface area contributed by atoms with Gasteiger partial charge in [-0.2, -0.15) is 10.2 Å². The van der Waals surface area contributed by atoms with E-state index in [4.69, 9.17) is 0 Å². The Hall–Kier alpha value is -1.17. The highest BCUT2D eigenvalue weighted by atomic mass is 79.9. The number of halogens is 1. The third-order valence-electron chi connectivity index (χ3n) is 1.71. The summed E-state index contributed by atoms with van der Waals surface area (Å²) in [5, 5.41) is 8.09. The molecule has 0 spiro atoms. The van der Waals surface area contributed by atoms with Crippen molar-refractivity contribution in [2.45, 2.75) is 6.54 Å². The van der Waals surface area contributed by atoms with Crippen LogP contribution in [0, 0.1) is 0 Å². The first-order chi connectivity index (χ1) is 6.25. The van der Waals surface area contributed by atoms with E-state index in [0.717, 1.165) is 10.3 Å². The summed E-state index contributed by atoms with van der Waals surface area (Å²) in [5.41, 5.74) is 0. The average molecular weight is 242 g/mol. The topological polar surface area (TPSA) is 48.5 Å². The van der Waals surface area contributed by atoms with Crippen LogP contribution >= 0.6 is 15.9 Å². The molecule has 5 nitrogen and oxygen atoms in total. The normalized spacial score (nSPS) is 10.6. The molecule has 0 radical (unpaired) electrons. The maximum absolute atomic E-state index is 4.12. The van der Waals surface area contributed by atoms with Crippen LogP contribution in [0.4, 0.5) is 0 Å². The number of aromatic nitrogens is 5. The molecule has 0 aliphatic heterocycles. The summed E-state index contributed by atoms with van der Waals surface area (Å²) < 4.78 is 4.50. The SMILES string of the molecule is Cn1ncnc1Cn1cc(Br)cn1. The Kier molecular flexibility index (Phi) is 2.13. The van der Waals surface area contributed by atoms with Crippen LogP contribution in [-0.4, -0.2) is 24.5 Å². The average Bonchev–Trinajstić information content (AvgIpc) is 2.64. The first kappa shape index (κ1) is 8.43. The predicted octanol–water partition coefficient (Wildman–Crippen LogP) is 0.822. The Balaban J connectivity index is 2.19. The quantitative estimate of drug-likeness (QED) is 0.783. The zero-order chi connectivity index (χ0) is 9.26. The maximum Gasteiger partial charge on any atom is 0.148 e. The molecule has 2 aromatic rings. The minimum Gasteiger partial charge on any atom is -0.264 e. The van der Waals surface area contributed by atoms with Gasteiger partial charge >= 0.3 is 0 Å². The molecule has 6 heteroatoms. The molecule has 13 heavy (non-hydrogen) atoms. The van der Waals surface area contributed by atoms with E-state index >= 15 is 0 Å². The molecule has 0 saturated carbocycles. The largest absolute Gasteiger partial charge is 0.264 e. The van der Waals surface area contributed by atoms with Crippen LogP contribution in [0.25, 0.3) is 0 Å². The zero-order valence-corrected chi connectivity index (χ0v) is 8.64. The number of aryl methyl sites for hydroxylation is 1. The van der Waals surface area contributed by atoms with E-state index in [0.29, 0.717) is 6.54 Å². The first-order valence-corrected chi connectivity index (χ1v) is 4.56. The van der Waals surface area contributed by atoms with E-state index in [1.165, 1.54) is 6.33 Å². The van der Waals surface area contributed by atoms with E-state index < -0.39 is 0 Å². The van der Waals surface area contributed by atoms with Gasteiger partial charge in [-0.1, -0.05) is 0 Å². The second-order valence-electron chi connectivity index (χ2n) is 2.66. The van der Waals surface area contributed by atoms with E-state index in [-0.39, 0.29) is 0 Å². The third kappa shape index (κ3) is 1.77. The van der Waals surface area contributed by atoms with Crippen molar-refractivity contribution in [2.75, 3.05) is 0 Å². The standard InChI is InChI=1S/C7H8BrN5/c1-12-7(9-5-11-12)4-13-3-6(8)2-10-13/h2-3,5H,4H2,1H3. The van der Waals surface area contributed by atoms with Gasteiger partial charge in [0.2, 0.25) is 0 Å². The summed E-state index contributed by atoms with van der Waals surface area (Å²) in [6.45, 7) is 0.641. The Morgan fingerprint density at radius 3 is 2.85 bits per heavy atom. The van der Waals surface area contributed by atoms with Crippen LogP contribution in [0.3, 0.4) is 0 Å². The summed E-state index contributed by atoms with van der Waals surface area (Å²) in [5.74, 6) is 0.885. The van der Waals surface area contributed by atoms with Gasteiger partial charge in [-0.05, 0) is 15.9 Å². The second-order valence-corrected chi connectivity index (χ2v) is 3.57. The van der Waals surface area contributed by atoms with Crippen molar-refractivity contribution in [1.29, 1.82) is 0 Å². The van der Waals surface area contributed by atoms with Crippen molar-refractivity contribution in [3.63, 3.8) is 0 Å². The summed E-state index contributed by atoms with van der Waals surface area (Å²) in [6.07, 6.45) is 5.18. The zero-order valence-electron chi connectivity index (χ0n) is 7.05. The van der Waals surface area contributed by atoms with Gasteiger partial charge in [0.25, 0.3) is 0 Å². The molecule has 2 rings (SSSR count). The van der Waals surface area contributed by atoms with Crippen LogP contribution in [0.15, 0.2) is 23.2 Å². The van der Waals surface area contributed by atoms with Crippen LogP contribution in [0.5, 0.6) is 0 Å². The van der Waals surface area contributed by atoms with Gasteiger partial charge in [0, 0.05) is 13.2 Å². The second kappa shape index (κ2) is 3.29. The van der Waals surface area contributed by atoms with Crippen LogP contribution in [0.2, 0.25) is 0 Å². The molecule has 2 aromatic heterocycles. The number of hydrogen-bond acceptors (Lipinski definition) is 3. The van der Waals surface area contributed by atoms with Gasteiger partial charge in [-0.25, -0.2) is 4.98 Å². The highest BCUT2D eigenvalue weighted by Gasteiger charge is 2.02. The molecule has 0 N–H and O–H groups in total. The minimum atomic E-state index is 0.641. The van der Waals surface area contributed by atoms with E-state index in [1.54, 1.807) is 15.6 Å². The summed E-state index contributed by atoms with van der Waals surface area (Å²) in [4.78, 5) is 4.10. The van der Waals surface area contributed by atoms with Gasteiger partial charge in [-0.15, -0.1) is 0 Å². The van der Waals surface area contributed by atoms with Crippen molar-refractivity contribution in [3.8, 4) is 0 Å². The number of nitrogens with zero attached hydrogens (tertiary/aromatic N) is 5. The molecular weight excluding hydrogens is 234 g/mol. The van der Waals surface area contributed by atoms with Gasteiger partial charge < -0.3 is 0 Å². The fraction of sp³-hybridized carbons (Fsp3) is 0.286. The van der Waals surface area contributed by atoms with Crippen LogP contribution in [0.1, 0.15) is 5.82 Å². The van der Waals surface area contributed by atoms with Crippen molar-refractivity contribution >= 4 is 15.9 Å². The van der Waals surface area contributed by atoms with Gasteiger partial charge in [-0.3, -0.25) is 9.36 Å². The minimum absolute atomic E-state index is 0.641. The fourth-order valence-electron chi connectivity index (χ4n) is 1.03. The third-order valence-corrected chi connectivity index (χ3v) is 2.12. The summed E-state index contributed by atoms with van der Waals surface area (Å²) in [7, 11) is 1.86. The molecular formula is C7H8BrN5. The number of rotatable bonds is 2. The van der Waals surface area contributed by atoms with Crippen molar-refractivity contribution in [2.24, 2.45) is 7.05 Å². The van der Waals surface area contributed by atoms with Crippen molar-refractivity contribution in [3.05, 3.63) is 29.0 Å². The molecule has 0 amide bonds. The Labute approximate surface area is 83.5 Å². The predicted molar refractivity (Wildman–Crippen MR) is 50.0 cm³/mol. The molecule has 0 fully saturated rings. The molecule has 0 saturated heterocycles. The number of hydrogen-bond donors (Lipinski definition) is 0. The van der Waals surface area contributed by atoms with E-state index in [2.05, 4.69) is 31.1 Å². The van der Waals surface area contributed by atoms with E-state index in [1.807, 2.05) is 13.2 Å². The smallest absolute Gasteiger partial charge is 0.148 e. The lowest BCUT2D eigenvalue weighted by Gasteiger charge is -1.99. The lowest BCUT2D eigenvalue weighted by atomic mass is 10.6. The summed E-state index contributed by atoms with van der Waals surface area (Å²) in [6, 6.07) is 0. The molecule has 0 aliphatic rings. The Bertz CT molecular complexity index is 404. The molecule has 0 bridgehead atoms. The molecule has 0 aliphatic carbocycles. The monoisotopic (exact) mass is 241 g/mol. The summed E-state index contributed by atoms with van der Waals surface area (Å²) >= 11 is 3.33. The molecule has 0 atom stereocenters. The molecule has 0 unspecified atom stereocenters. The van der Waals surface area contributed by atoms with Crippen LogP contribution < -0.4 is 0 Å². The van der Waals surface area contributed by atoms with Crippen LogP contribution in [-0.2, 0) is 13.6 Å². The highest BCUT2D eigenvalue weighted by Crippen LogP contribution is 2.07. The highest BCUT2D eigenvalue weighted by molar-refractivity contribution is 9.10. The van der Waals surface area contributed by atoms with Gasteiger partial charge in [0.05, 0.1) is 10.7 Å². The van der Waals surface area contributed by atoms with Gasteiger partial charge in [0.1, 0.15) is 18.7 Å². The Morgan fingerprint density at radius 2 is 2.31 bits per heavy atom. The Morgan fingerprint density at radius 1 is 1.46 bits per heavy atom.